The first-order valence-electron chi connectivity index (χ1n) is 11.5. The molecule has 1 heterocycles. The maximum absolute atomic E-state index is 13.1. The zero-order chi connectivity index (χ0) is 26.5. The van der Waals surface area contributed by atoms with Gasteiger partial charge in [0, 0.05) is 38.1 Å². The lowest BCUT2D eigenvalue weighted by molar-refractivity contribution is -0.135. The summed E-state index contributed by atoms with van der Waals surface area (Å²) in [5.41, 5.74) is 4.22. The molecule has 1 aromatic heterocycles. The number of aromatic nitrogens is 1. The minimum atomic E-state index is -3.71. The van der Waals surface area contributed by atoms with E-state index in [0.717, 1.165) is 21.8 Å². The van der Waals surface area contributed by atoms with Crippen LogP contribution in [0.4, 0.5) is 0 Å². The van der Waals surface area contributed by atoms with Crippen LogP contribution in [0.1, 0.15) is 21.7 Å². The summed E-state index contributed by atoms with van der Waals surface area (Å²) in [5, 5.41) is 3.05. The summed E-state index contributed by atoms with van der Waals surface area (Å²) < 4.78 is 38.1. The minimum Gasteiger partial charge on any atom is -0.497 e. The number of methoxy groups -OCH3 is 1. The Hall–Kier alpha value is -2.79. The van der Waals surface area contributed by atoms with Crippen molar-refractivity contribution in [3.63, 3.8) is 0 Å². The van der Waals surface area contributed by atoms with Crippen molar-refractivity contribution in [2.75, 3.05) is 41.0 Å². The van der Waals surface area contributed by atoms with Gasteiger partial charge in [-0.1, -0.05) is 24.3 Å². The fourth-order valence-corrected chi connectivity index (χ4v) is 5.99. The number of thiazole rings is 1. The summed E-state index contributed by atoms with van der Waals surface area (Å²) in [4.78, 5) is 18.8. The average molecular weight is 532 g/mol. The Morgan fingerprint density at radius 3 is 2.25 bits per heavy atom. The highest BCUT2D eigenvalue weighted by Gasteiger charge is 2.25. The number of hydrogen-bond donors (Lipinski definition) is 0. The molecule has 0 unspecified atom stereocenters. The molecule has 0 radical (unpaired) electrons. The van der Waals surface area contributed by atoms with Crippen LogP contribution in [-0.4, -0.2) is 69.5 Å². The number of nitrogens with zero attached hydrogens (tertiary/aromatic N) is 3. The summed E-state index contributed by atoms with van der Waals surface area (Å²) in [6.45, 7) is 6.02. The molecule has 3 rings (SSSR count). The quantitative estimate of drug-likeness (QED) is 0.347. The van der Waals surface area contributed by atoms with E-state index >= 15 is 0 Å². The largest absolute Gasteiger partial charge is 0.497 e. The number of hydrogen-bond acceptors (Lipinski definition) is 7. The van der Waals surface area contributed by atoms with Gasteiger partial charge in [-0.2, -0.15) is 4.31 Å². The molecule has 0 spiro atoms. The number of ether oxygens (including phenoxy) is 2. The lowest BCUT2D eigenvalue weighted by atomic mass is 10.1. The van der Waals surface area contributed by atoms with Gasteiger partial charge in [-0.05, 0) is 49.6 Å². The number of sulfonamides is 1. The Morgan fingerprint density at radius 2 is 1.69 bits per heavy atom. The Morgan fingerprint density at radius 1 is 1.06 bits per heavy atom. The van der Waals surface area contributed by atoms with Crippen molar-refractivity contribution in [2.45, 2.75) is 32.2 Å². The standard InChI is InChI=1S/C26H33N3O5S2/c1-18-13-23(33-6)14-19(2)26(18)36(31,32)29(5)11-12-34-16-25(30)28(4)15-21-7-9-22(10-8-21)24-17-35-20(3)27-24/h7-10,13-14,17H,11-12,15-16H2,1-6H3. The summed E-state index contributed by atoms with van der Waals surface area (Å²) in [6.07, 6.45) is 0. The van der Waals surface area contributed by atoms with E-state index in [9.17, 15) is 13.2 Å². The highest BCUT2D eigenvalue weighted by molar-refractivity contribution is 7.89. The van der Waals surface area contributed by atoms with Crippen LogP contribution in [0, 0.1) is 20.8 Å². The number of amides is 1. The van der Waals surface area contributed by atoms with Crippen LogP contribution in [0.15, 0.2) is 46.7 Å². The Bertz CT molecular complexity index is 1280. The molecule has 0 aliphatic heterocycles. The van der Waals surface area contributed by atoms with E-state index in [4.69, 9.17) is 9.47 Å². The molecule has 1 amide bonds. The first kappa shape index (κ1) is 27.8. The molecule has 8 nitrogen and oxygen atoms in total. The number of carbonyl (C=O) groups is 1. The maximum Gasteiger partial charge on any atom is 0.248 e. The molecule has 0 bridgehead atoms. The summed E-state index contributed by atoms with van der Waals surface area (Å²) in [5.74, 6) is 0.435. The van der Waals surface area contributed by atoms with Gasteiger partial charge in [0.25, 0.3) is 0 Å². The summed E-state index contributed by atoms with van der Waals surface area (Å²) in [7, 11) is 1.06. The molecule has 0 aliphatic rings. The van der Waals surface area contributed by atoms with Gasteiger partial charge < -0.3 is 14.4 Å². The van der Waals surface area contributed by atoms with E-state index in [2.05, 4.69) is 4.98 Å². The van der Waals surface area contributed by atoms with E-state index in [1.54, 1.807) is 56.4 Å². The monoisotopic (exact) mass is 531 g/mol. The van der Waals surface area contributed by atoms with Crippen molar-refractivity contribution in [1.29, 1.82) is 0 Å². The van der Waals surface area contributed by atoms with Crippen LogP contribution in [0.5, 0.6) is 5.75 Å². The van der Waals surface area contributed by atoms with E-state index in [-0.39, 0.29) is 30.6 Å². The van der Waals surface area contributed by atoms with Gasteiger partial charge in [-0.25, -0.2) is 13.4 Å². The minimum absolute atomic E-state index is 0.102. The lowest BCUT2D eigenvalue weighted by Gasteiger charge is -2.21. The zero-order valence-corrected chi connectivity index (χ0v) is 23.2. The van der Waals surface area contributed by atoms with Gasteiger partial charge in [0.1, 0.15) is 12.4 Å². The van der Waals surface area contributed by atoms with Crippen LogP contribution in [-0.2, 0) is 26.1 Å². The van der Waals surface area contributed by atoms with Crippen molar-refractivity contribution in [2.24, 2.45) is 0 Å². The molecule has 194 valence electrons. The molecule has 0 saturated heterocycles. The second kappa shape index (κ2) is 12.0. The molecule has 36 heavy (non-hydrogen) atoms. The molecular formula is C26H33N3O5S2. The van der Waals surface area contributed by atoms with Crippen LogP contribution >= 0.6 is 11.3 Å². The van der Waals surface area contributed by atoms with Crippen LogP contribution in [0.3, 0.4) is 0 Å². The number of aryl methyl sites for hydroxylation is 3. The highest BCUT2D eigenvalue weighted by atomic mass is 32.2. The molecule has 0 aliphatic carbocycles. The van der Waals surface area contributed by atoms with Gasteiger partial charge in [0.15, 0.2) is 0 Å². The fraction of sp³-hybridized carbons (Fsp3) is 0.385. The summed E-state index contributed by atoms with van der Waals surface area (Å²) >= 11 is 1.61. The van der Waals surface area contributed by atoms with Crippen LogP contribution in [0.25, 0.3) is 11.3 Å². The lowest BCUT2D eigenvalue weighted by Crippen LogP contribution is -2.33. The van der Waals surface area contributed by atoms with Gasteiger partial charge in [0.05, 0.1) is 29.3 Å². The number of carbonyl (C=O) groups excluding carboxylic acids is 1. The molecule has 10 heteroatoms. The van der Waals surface area contributed by atoms with Gasteiger partial charge in [0.2, 0.25) is 15.9 Å². The second-order valence-corrected chi connectivity index (χ2v) is 11.7. The van der Waals surface area contributed by atoms with Crippen molar-refractivity contribution in [3.8, 4) is 17.0 Å². The zero-order valence-electron chi connectivity index (χ0n) is 21.6. The van der Waals surface area contributed by atoms with E-state index < -0.39 is 10.0 Å². The highest BCUT2D eigenvalue weighted by Crippen LogP contribution is 2.27. The number of likely N-dealkylation sites (N-methyl/N-ethyl adjacent to an activating group) is 2. The molecule has 0 fully saturated rings. The van der Waals surface area contributed by atoms with Gasteiger partial charge in [-0.3, -0.25) is 4.79 Å². The van der Waals surface area contributed by atoms with Gasteiger partial charge >= 0.3 is 0 Å². The fourth-order valence-electron chi connectivity index (χ4n) is 3.81. The first-order valence-corrected chi connectivity index (χ1v) is 13.8. The first-order chi connectivity index (χ1) is 17.0. The van der Waals surface area contributed by atoms with Crippen molar-refractivity contribution in [3.05, 3.63) is 63.5 Å². The molecular weight excluding hydrogens is 498 g/mol. The van der Waals surface area contributed by atoms with E-state index in [1.807, 2.05) is 36.6 Å². The molecule has 3 aromatic rings. The maximum atomic E-state index is 13.1. The predicted octanol–water partition coefficient (Wildman–Crippen LogP) is 4.04. The smallest absolute Gasteiger partial charge is 0.248 e. The molecule has 0 N–H and O–H groups in total. The van der Waals surface area contributed by atoms with E-state index in [0.29, 0.717) is 23.4 Å². The average Bonchev–Trinajstić information content (AvgIpc) is 3.27. The number of benzene rings is 2. The normalized spacial score (nSPS) is 11.6. The second-order valence-electron chi connectivity index (χ2n) is 8.67. The van der Waals surface area contributed by atoms with Crippen LogP contribution < -0.4 is 4.74 Å². The molecule has 0 saturated carbocycles. The van der Waals surface area contributed by atoms with Crippen molar-refractivity contribution in [1.82, 2.24) is 14.2 Å². The summed E-state index contributed by atoms with van der Waals surface area (Å²) in [6, 6.07) is 11.4. The predicted molar refractivity (Wildman–Crippen MR) is 142 cm³/mol. The third kappa shape index (κ3) is 6.70. The number of rotatable bonds is 11. The molecule has 0 atom stereocenters. The Kier molecular flexibility index (Phi) is 9.24. The molecule has 2 aromatic carbocycles. The Balaban J connectivity index is 1.48. The third-order valence-electron chi connectivity index (χ3n) is 5.83. The van der Waals surface area contributed by atoms with Crippen molar-refractivity contribution >= 4 is 27.3 Å². The van der Waals surface area contributed by atoms with Crippen molar-refractivity contribution < 1.29 is 22.7 Å². The third-order valence-corrected chi connectivity index (χ3v) is 8.76. The topological polar surface area (TPSA) is 89.0 Å². The van der Waals surface area contributed by atoms with Crippen LogP contribution in [0.2, 0.25) is 0 Å². The Labute approximate surface area is 217 Å². The van der Waals surface area contributed by atoms with Gasteiger partial charge in [-0.15, -0.1) is 11.3 Å². The van der Waals surface area contributed by atoms with E-state index in [1.165, 1.54) is 11.4 Å². The SMILES string of the molecule is COc1cc(C)c(S(=O)(=O)N(C)CCOCC(=O)N(C)Cc2ccc(-c3csc(C)n3)cc2)c(C)c1.